The summed E-state index contributed by atoms with van der Waals surface area (Å²) in [5, 5.41) is 7.89. The molecule has 7 heteroatoms. The van der Waals surface area contributed by atoms with E-state index in [4.69, 9.17) is 4.74 Å². The first-order valence-electron chi connectivity index (χ1n) is 13.9. The number of amides is 3. The summed E-state index contributed by atoms with van der Waals surface area (Å²) in [6.45, 7) is 16.7. The summed E-state index contributed by atoms with van der Waals surface area (Å²) in [7, 11) is 0. The van der Waals surface area contributed by atoms with Crippen LogP contribution in [0.15, 0.2) is 60.7 Å². The van der Waals surface area contributed by atoms with Gasteiger partial charge in [0.2, 0.25) is 5.91 Å². The molecule has 0 aliphatic rings. The highest BCUT2D eigenvalue weighted by Crippen LogP contribution is 2.30. The topological polar surface area (TPSA) is 87.7 Å². The standard InChI is InChI=1S/C33H43N3O4/c1-20(2)28(35-32(39)40-33(7,8)9)31(38)36(21(3)4)29(27-17-14-22(5)18-23(27)6)30(37)34-26-16-15-24-12-10-11-13-25(24)19-26/h10-21,28-29H,1-9H3,(H,34,37)(H,35,39). The molecule has 0 saturated carbocycles. The average molecular weight is 546 g/mol. The van der Waals surface area contributed by atoms with Crippen LogP contribution >= 0.6 is 0 Å². The molecule has 3 aromatic rings. The van der Waals surface area contributed by atoms with Gasteiger partial charge in [-0.15, -0.1) is 0 Å². The highest BCUT2D eigenvalue weighted by Gasteiger charge is 2.39. The van der Waals surface area contributed by atoms with Crippen LogP contribution in [0.4, 0.5) is 10.5 Å². The SMILES string of the molecule is Cc1ccc(C(C(=O)Nc2ccc3ccccc3c2)N(C(=O)C(NC(=O)OC(C)(C)C)C(C)C)C(C)C)c(C)c1. The van der Waals surface area contributed by atoms with E-state index in [0.717, 1.165) is 27.5 Å². The Balaban J connectivity index is 2.05. The molecule has 0 aliphatic carbocycles. The molecule has 0 aliphatic heterocycles. The molecule has 7 nitrogen and oxygen atoms in total. The summed E-state index contributed by atoms with van der Waals surface area (Å²) in [6, 6.07) is 17.4. The lowest BCUT2D eigenvalue weighted by Crippen LogP contribution is -2.56. The Labute approximate surface area is 238 Å². The Morgan fingerprint density at radius 2 is 1.50 bits per heavy atom. The van der Waals surface area contributed by atoms with E-state index in [1.54, 1.807) is 25.7 Å². The van der Waals surface area contributed by atoms with Crippen LogP contribution in [-0.2, 0) is 14.3 Å². The van der Waals surface area contributed by atoms with Crippen LogP contribution in [0.1, 0.15) is 71.2 Å². The zero-order chi connectivity index (χ0) is 29.8. The monoisotopic (exact) mass is 545 g/mol. The molecule has 3 aromatic carbocycles. The number of carbonyl (C=O) groups is 3. The van der Waals surface area contributed by atoms with Crippen LogP contribution in [0.2, 0.25) is 0 Å². The maximum absolute atomic E-state index is 14.2. The molecule has 0 saturated heterocycles. The van der Waals surface area contributed by atoms with Crippen molar-refractivity contribution in [1.29, 1.82) is 0 Å². The van der Waals surface area contributed by atoms with E-state index in [0.29, 0.717) is 5.69 Å². The number of aryl methyl sites for hydroxylation is 2. The number of carbonyl (C=O) groups excluding carboxylic acids is 3. The van der Waals surface area contributed by atoms with Crippen molar-refractivity contribution >= 4 is 34.4 Å². The molecule has 3 amide bonds. The predicted octanol–water partition coefficient (Wildman–Crippen LogP) is 6.92. The van der Waals surface area contributed by atoms with Gasteiger partial charge in [0.25, 0.3) is 5.91 Å². The lowest BCUT2D eigenvalue weighted by molar-refractivity contribution is -0.143. The smallest absolute Gasteiger partial charge is 0.408 e. The Hall–Kier alpha value is -3.87. The molecule has 0 spiro atoms. The van der Waals surface area contributed by atoms with Gasteiger partial charge < -0.3 is 20.3 Å². The Morgan fingerprint density at radius 3 is 2.08 bits per heavy atom. The molecule has 0 bridgehead atoms. The van der Waals surface area contributed by atoms with Crippen molar-refractivity contribution in [3.8, 4) is 0 Å². The maximum Gasteiger partial charge on any atom is 0.408 e. The molecule has 40 heavy (non-hydrogen) atoms. The number of nitrogens with one attached hydrogen (secondary N) is 2. The number of rotatable bonds is 8. The van der Waals surface area contributed by atoms with Gasteiger partial charge in [-0.2, -0.15) is 0 Å². The van der Waals surface area contributed by atoms with E-state index in [2.05, 4.69) is 10.6 Å². The number of hydrogen-bond donors (Lipinski definition) is 2. The second-order valence-corrected chi connectivity index (χ2v) is 12.0. The number of nitrogens with zero attached hydrogens (tertiary/aromatic N) is 1. The summed E-state index contributed by atoms with van der Waals surface area (Å²) < 4.78 is 5.45. The third-order valence-corrected chi connectivity index (χ3v) is 6.68. The van der Waals surface area contributed by atoms with Gasteiger partial charge in [0.05, 0.1) is 0 Å². The number of fused-ring (bicyclic) bond motifs is 1. The largest absolute Gasteiger partial charge is 0.444 e. The molecule has 0 aromatic heterocycles. The molecule has 0 fully saturated rings. The summed E-state index contributed by atoms with van der Waals surface area (Å²) in [5.41, 5.74) is 2.61. The van der Waals surface area contributed by atoms with Gasteiger partial charge in [0.15, 0.2) is 0 Å². The summed E-state index contributed by atoms with van der Waals surface area (Å²) in [5.74, 6) is -0.928. The van der Waals surface area contributed by atoms with Crippen molar-refractivity contribution < 1.29 is 19.1 Å². The van der Waals surface area contributed by atoms with Crippen molar-refractivity contribution in [2.75, 3.05) is 5.32 Å². The van der Waals surface area contributed by atoms with E-state index in [9.17, 15) is 14.4 Å². The van der Waals surface area contributed by atoms with Crippen LogP contribution in [0.3, 0.4) is 0 Å². The van der Waals surface area contributed by atoms with Crippen molar-refractivity contribution in [3.05, 3.63) is 77.4 Å². The highest BCUT2D eigenvalue weighted by atomic mass is 16.6. The summed E-state index contributed by atoms with van der Waals surface area (Å²) >= 11 is 0. The number of hydrogen-bond acceptors (Lipinski definition) is 4. The minimum atomic E-state index is -0.929. The van der Waals surface area contributed by atoms with E-state index in [1.807, 2.05) is 102 Å². The van der Waals surface area contributed by atoms with Crippen LogP contribution < -0.4 is 10.6 Å². The number of anilines is 1. The average Bonchev–Trinajstić information content (AvgIpc) is 2.84. The molecule has 0 radical (unpaired) electrons. The third-order valence-electron chi connectivity index (χ3n) is 6.68. The number of benzene rings is 3. The highest BCUT2D eigenvalue weighted by molar-refractivity contribution is 6.00. The molecule has 2 unspecified atom stereocenters. The number of ether oxygens (including phenoxy) is 1. The summed E-state index contributed by atoms with van der Waals surface area (Å²) in [6.07, 6.45) is -0.674. The van der Waals surface area contributed by atoms with Gasteiger partial charge in [0.1, 0.15) is 17.7 Å². The molecular weight excluding hydrogens is 502 g/mol. The third kappa shape index (κ3) is 7.62. The lowest BCUT2D eigenvalue weighted by Gasteiger charge is -2.38. The second-order valence-electron chi connectivity index (χ2n) is 12.0. The first-order chi connectivity index (χ1) is 18.7. The van der Waals surface area contributed by atoms with Gasteiger partial charge >= 0.3 is 6.09 Å². The van der Waals surface area contributed by atoms with Crippen LogP contribution in [0, 0.1) is 19.8 Å². The van der Waals surface area contributed by atoms with Crippen molar-refractivity contribution in [2.24, 2.45) is 5.92 Å². The normalized spacial score (nSPS) is 13.2. The van der Waals surface area contributed by atoms with E-state index in [1.165, 1.54) is 0 Å². The van der Waals surface area contributed by atoms with Gasteiger partial charge in [-0.1, -0.05) is 67.9 Å². The van der Waals surface area contributed by atoms with Crippen molar-refractivity contribution in [1.82, 2.24) is 10.2 Å². The Morgan fingerprint density at radius 1 is 0.850 bits per heavy atom. The van der Waals surface area contributed by atoms with E-state index >= 15 is 0 Å². The Kier molecular flexibility index (Phi) is 9.61. The second kappa shape index (κ2) is 12.5. The first kappa shape index (κ1) is 30.7. The van der Waals surface area contributed by atoms with Crippen LogP contribution in [0.25, 0.3) is 10.8 Å². The van der Waals surface area contributed by atoms with E-state index in [-0.39, 0.29) is 23.8 Å². The zero-order valence-electron chi connectivity index (χ0n) is 25.2. The van der Waals surface area contributed by atoms with Gasteiger partial charge in [0, 0.05) is 11.7 Å². The molecule has 214 valence electrons. The van der Waals surface area contributed by atoms with Gasteiger partial charge in [-0.3, -0.25) is 9.59 Å². The van der Waals surface area contributed by atoms with Crippen LogP contribution in [0.5, 0.6) is 0 Å². The minimum Gasteiger partial charge on any atom is -0.444 e. The minimum absolute atomic E-state index is 0.246. The quantitative estimate of drug-likeness (QED) is 0.322. The van der Waals surface area contributed by atoms with E-state index < -0.39 is 23.8 Å². The zero-order valence-corrected chi connectivity index (χ0v) is 25.2. The van der Waals surface area contributed by atoms with Gasteiger partial charge in [-0.05, 0) is 88.4 Å². The molecule has 2 N–H and O–H groups in total. The number of alkyl carbamates (subject to hydrolysis) is 1. The van der Waals surface area contributed by atoms with Crippen molar-refractivity contribution in [2.45, 2.75) is 86.0 Å². The fourth-order valence-electron chi connectivity index (χ4n) is 4.82. The molecular formula is C33H43N3O4. The first-order valence-corrected chi connectivity index (χ1v) is 13.9. The van der Waals surface area contributed by atoms with Crippen molar-refractivity contribution in [3.63, 3.8) is 0 Å². The fraction of sp³-hybridized carbons (Fsp3) is 0.424. The van der Waals surface area contributed by atoms with Crippen LogP contribution in [-0.4, -0.2) is 40.5 Å². The molecule has 0 heterocycles. The predicted molar refractivity (Wildman–Crippen MR) is 161 cm³/mol. The fourth-order valence-corrected chi connectivity index (χ4v) is 4.82. The lowest BCUT2D eigenvalue weighted by atomic mass is 9.94. The molecule has 2 atom stereocenters. The van der Waals surface area contributed by atoms with Gasteiger partial charge in [-0.25, -0.2) is 4.79 Å². The maximum atomic E-state index is 14.2. The molecule has 3 rings (SSSR count). The Bertz CT molecular complexity index is 1370. The summed E-state index contributed by atoms with van der Waals surface area (Å²) in [4.78, 5) is 42.6.